The summed E-state index contributed by atoms with van der Waals surface area (Å²) < 4.78 is 10.0. The van der Waals surface area contributed by atoms with Gasteiger partial charge in [-0.2, -0.15) is 0 Å². The third kappa shape index (κ3) is 3.62. The summed E-state index contributed by atoms with van der Waals surface area (Å²) in [6, 6.07) is 4.93. The van der Waals surface area contributed by atoms with Gasteiger partial charge in [-0.3, -0.25) is 10.0 Å². The minimum atomic E-state index is -1.08. The van der Waals surface area contributed by atoms with E-state index < -0.39 is 40.7 Å². The van der Waals surface area contributed by atoms with E-state index in [1.807, 2.05) is 0 Å². The first-order valence-electron chi connectivity index (χ1n) is 9.37. The summed E-state index contributed by atoms with van der Waals surface area (Å²) in [5, 5.41) is 30.2. The second-order valence-corrected chi connectivity index (χ2v) is 8.88. The van der Waals surface area contributed by atoms with Gasteiger partial charge in [-0.25, -0.2) is 9.59 Å². The smallest absolute Gasteiger partial charge is 0.336 e. The van der Waals surface area contributed by atoms with Gasteiger partial charge in [-0.05, 0) is 31.5 Å². The van der Waals surface area contributed by atoms with Crippen molar-refractivity contribution < 1.29 is 34.2 Å². The van der Waals surface area contributed by atoms with Crippen LogP contribution in [0, 0.1) is 11.1 Å². The molecule has 4 unspecified atom stereocenters. The number of hydrogen-bond donors (Lipinski definition) is 2. The number of rotatable bonds is 5. The Morgan fingerprint density at radius 1 is 1.29 bits per heavy atom. The maximum Gasteiger partial charge on any atom is 0.336 e. The minimum Gasteiger partial charge on any atom is -0.733 e. The third-order valence-electron chi connectivity index (χ3n) is 5.89. The summed E-state index contributed by atoms with van der Waals surface area (Å²) in [5.41, 5.74) is 0.780. The van der Waals surface area contributed by atoms with Crippen molar-refractivity contribution in [3.8, 4) is 0 Å². The van der Waals surface area contributed by atoms with Crippen LogP contribution in [0.25, 0.3) is 0 Å². The Bertz CT molecular complexity index is 949. The first-order chi connectivity index (χ1) is 14.6. The molecule has 0 radical (unpaired) electrons. The lowest BCUT2D eigenvalue weighted by Gasteiger charge is -2.50. The Hall–Kier alpha value is -2.76. The predicted molar refractivity (Wildman–Crippen MR) is 111 cm³/mol. The molecule has 0 spiro atoms. The van der Waals surface area contributed by atoms with E-state index in [4.69, 9.17) is 9.47 Å². The van der Waals surface area contributed by atoms with Gasteiger partial charge in [0.25, 0.3) is 0 Å². The number of allylic oxidation sites excluding steroid dienone is 1. The van der Waals surface area contributed by atoms with E-state index in [0.29, 0.717) is 11.3 Å². The van der Waals surface area contributed by atoms with Crippen LogP contribution in [0.1, 0.15) is 25.3 Å². The Morgan fingerprint density at radius 3 is 2.52 bits per heavy atom. The van der Waals surface area contributed by atoms with Gasteiger partial charge < -0.3 is 29.9 Å². The molecule has 10 nitrogen and oxygen atoms in total. The van der Waals surface area contributed by atoms with Crippen molar-refractivity contribution >= 4 is 35.4 Å². The standard InChI is InChI=1S/C20H23N2O8S/c1-10-14(18(25)29-3)15(11-6-5-7-12(8-11)22(27)28)16(19(26)30-4)20(2)21(10)13(9-31-20)17(23)24/h5-8,13,15-16,27H,9H2,1-4H3,(H,23,24)/q-1. The lowest BCUT2D eigenvalue weighted by atomic mass is 9.72. The number of anilines is 1. The minimum absolute atomic E-state index is 0.0851. The number of carboxylic acids is 1. The number of aliphatic carboxylic acids is 1. The molecule has 2 heterocycles. The van der Waals surface area contributed by atoms with E-state index in [2.05, 4.69) is 0 Å². The molecule has 2 N–H and O–H groups in total. The van der Waals surface area contributed by atoms with Crippen LogP contribution < -0.4 is 5.23 Å². The van der Waals surface area contributed by atoms with Gasteiger partial charge >= 0.3 is 17.9 Å². The molecule has 168 valence electrons. The molecule has 0 amide bonds. The van der Waals surface area contributed by atoms with Crippen LogP contribution in [0.3, 0.4) is 0 Å². The van der Waals surface area contributed by atoms with Crippen LogP contribution >= 0.6 is 11.8 Å². The second kappa shape index (κ2) is 8.40. The number of esters is 2. The summed E-state index contributed by atoms with van der Waals surface area (Å²) in [6.07, 6.45) is 0. The van der Waals surface area contributed by atoms with Crippen molar-refractivity contribution in [1.82, 2.24) is 4.90 Å². The molecule has 4 atom stereocenters. The van der Waals surface area contributed by atoms with E-state index in [1.165, 1.54) is 44.2 Å². The largest absolute Gasteiger partial charge is 0.733 e. The fourth-order valence-corrected chi connectivity index (χ4v) is 6.18. The monoisotopic (exact) mass is 451 g/mol. The number of benzene rings is 1. The van der Waals surface area contributed by atoms with Crippen molar-refractivity contribution in [1.29, 1.82) is 0 Å². The number of thioether (sulfide) groups is 1. The highest BCUT2D eigenvalue weighted by Crippen LogP contribution is 2.57. The van der Waals surface area contributed by atoms with Gasteiger partial charge in [0.05, 0.1) is 30.4 Å². The number of carbonyl (C=O) groups excluding carboxylic acids is 2. The zero-order chi connectivity index (χ0) is 23.1. The maximum atomic E-state index is 13.1. The van der Waals surface area contributed by atoms with Gasteiger partial charge in [0.2, 0.25) is 0 Å². The van der Waals surface area contributed by atoms with E-state index in [0.717, 1.165) is 0 Å². The van der Waals surface area contributed by atoms with E-state index >= 15 is 0 Å². The molecule has 0 aromatic heterocycles. The first-order valence-corrected chi connectivity index (χ1v) is 10.4. The molecule has 3 rings (SSSR count). The Balaban J connectivity index is 2.33. The summed E-state index contributed by atoms with van der Waals surface area (Å²) in [7, 11) is 2.41. The van der Waals surface area contributed by atoms with Crippen LogP contribution in [-0.4, -0.2) is 64.0 Å². The summed E-state index contributed by atoms with van der Waals surface area (Å²) in [5.74, 6) is -4.15. The fourth-order valence-electron chi connectivity index (χ4n) is 4.58. The van der Waals surface area contributed by atoms with Crippen molar-refractivity contribution in [2.24, 2.45) is 5.92 Å². The Kier molecular flexibility index (Phi) is 6.21. The predicted octanol–water partition coefficient (Wildman–Crippen LogP) is 1.93. The highest BCUT2D eigenvalue weighted by molar-refractivity contribution is 8.01. The average molecular weight is 451 g/mol. The Labute approximate surface area is 182 Å². The van der Waals surface area contributed by atoms with Gasteiger partial charge in [0.1, 0.15) is 12.0 Å². The zero-order valence-electron chi connectivity index (χ0n) is 17.4. The van der Waals surface area contributed by atoms with E-state index in [1.54, 1.807) is 24.8 Å². The maximum absolute atomic E-state index is 13.1. The molecule has 2 aliphatic heterocycles. The molecule has 0 saturated carbocycles. The number of methoxy groups -OCH3 is 2. The summed E-state index contributed by atoms with van der Waals surface area (Å²) in [4.78, 5) is 38.4. The molecular formula is C20H23N2O8S-. The molecule has 1 fully saturated rings. The molecule has 1 saturated heterocycles. The normalized spacial score (nSPS) is 27.5. The van der Waals surface area contributed by atoms with Gasteiger partial charge in [-0.15, -0.1) is 11.8 Å². The van der Waals surface area contributed by atoms with Gasteiger partial charge in [0.15, 0.2) is 0 Å². The summed E-state index contributed by atoms with van der Waals surface area (Å²) in [6.45, 7) is 3.35. The van der Waals surface area contributed by atoms with Gasteiger partial charge in [-0.1, -0.05) is 12.1 Å². The van der Waals surface area contributed by atoms with Crippen LogP contribution in [0.4, 0.5) is 5.69 Å². The highest BCUT2D eigenvalue weighted by atomic mass is 32.2. The van der Waals surface area contributed by atoms with Crippen molar-refractivity contribution in [3.05, 3.63) is 46.3 Å². The van der Waals surface area contributed by atoms with Crippen molar-refractivity contribution in [2.75, 3.05) is 25.2 Å². The molecule has 0 bridgehead atoms. The van der Waals surface area contributed by atoms with E-state index in [9.17, 15) is 29.9 Å². The molecular weight excluding hydrogens is 428 g/mol. The van der Waals surface area contributed by atoms with Crippen LogP contribution in [0.2, 0.25) is 0 Å². The number of carbonyl (C=O) groups is 3. The zero-order valence-corrected chi connectivity index (χ0v) is 18.2. The Morgan fingerprint density at radius 2 is 1.97 bits per heavy atom. The van der Waals surface area contributed by atoms with E-state index in [-0.39, 0.29) is 22.2 Å². The first kappa shape index (κ1) is 22.9. The van der Waals surface area contributed by atoms with Crippen molar-refractivity contribution in [2.45, 2.75) is 30.7 Å². The van der Waals surface area contributed by atoms with Crippen LogP contribution in [0.15, 0.2) is 35.5 Å². The molecule has 2 aliphatic rings. The molecule has 11 heteroatoms. The number of ether oxygens (including phenoxy) is 2. The number of nitrogens with zero attached hydrogens (tertiary/aromatic N) is 2. The molecule has 1 aromatic carbocycles. The lowest BCUT2D eigenvalue weighted by Crippen LogP contribution is -2.58. The summed E-state index contributed by atoms with van der Waals surface area (Å²) >= 11 is 1.29. The average Bonchev–Trinajstić information content (AvgIpc) is 3.11. The quantitative estimate of drug-likeness (QED) is 0.501. The highest BCUT2D eigenvalue weighted by Gasteiger charge is 2.61. The number of fused-ring (bicyclic) bond motifs is 1. The van der Waals surface area contributed by atoms with Crippen LogP contribution in [0.5, 0.6) is 0 Å². The SMILES string of the molecule is COC(=O)C1=C(C)N2C(C(=O)O)CSC2(C)C(C(=O)OC)C1c1cccc(N([O-])O)c1. The third-order valence-corrected chi connectivity index (χ3v) is 7.41. The molecule has 1 aromatic rings. The topological polar surface area (TPSA) is 140 Å². The number of carboxylic acid groups (broad SMARTS) is 1. The van der Waals surface area contributed by atoms with Crippen molar-refractivity contribution in [3.63, 3.8) is 0 Å². The number of hydrogen-bond acceptors (Lipinski definition) is 10. The second-order valence-electron chi connectivity index (χ2n) is 7.43. The molecule has 31 heavy (non-hydrogen) atoms. The molecule has 0 aliphatic carbocycles. The lowest BCUT2D eigenvalue weighted by molar-refractivity contribution is -0.153. The van der Waals surface area contributed by atoms with Gasteiger partial charge in [0, 0.05) is 17.4 Å². The van der Waals surface area contributed by atoms with Crippen LogP contribution in [-0.2, 0) is 23.9 Å². The fraction of sp³-hybridized carbons (Fsp3) is 0.450.